The van der Waals surface area contributed by atoms with Crippen LogP contribution >= 0.6 is 0 Å². The number of rotatable bonds is 3. The highest BCUT2D eigenvalue weighted by Gasteiger charge is 2.43. The molecule has 1 N–H and O–H groups in total. The SMILES string of the molecule is CC(C)(C)C(O)C(=O)N1CCN(C(=O)/C=C/c2ccc3c(c2)OC(F)(F)O3)CC1. The number of fused-ring (bicyclic) bond motifs is 1. The van der Waals surface area contributed by atoms with E-state index >= 15 is 0 Å². The summed E-state index contributed by atoms with van der Waals surface area (Å²) in [5.74, 6) is -0.736. The van der Waals surface area contributed by atoms with E-state index in [1.54, 1.807) is 30.6 Å². The van der Waals surface area contributed by atoms with Gasteiger partial charge in [-0.1, -0.05) is 26.8 Å². The molecular weight excluding hydrogens is 386 g/mol. The Morgan fingerprint density at radius 2 is 1.69 bits per heavy atom. The van der Waals surface area contributed by atoms with Crippen LogP contribution in [-0.4, -0.2) is 65.3 Å². The first kappa shape index (κ1) is 21.0. The third-order valence-electron chi connectivity index (χ3n) is 4.80. The van der Waals surface area contributed by atoms with E-state index in [9.17, 15) is 23.5 Å². The Bertz CT molecular complexity index is 827. The van der Waals surface area contributed by atoms with Crippen LogP contribution in [0.5, 0.6) is 11.5 Å². The second-order valence-electron chi connectivity index (χ2n) is 8.13. The minimum absolute atomic E-state index is 0.0586. The van der Waals surface area contributed by atoms with Crippen LogP contribution in [0.2, 0.25) is 0 Å². The summed E-state index contributed by atoms with van der Waals surface area (Å²) in [6.07, 6.45) is -1.93. The van der Waals surface area contributed by atoms with Gasteiger partial charge in [0.25, 0.3) is 5.91 Å². The summed E-state index contributed by atoms with van der Waals surface area (Å²) in [6, 6.07) is 4.26. The van der Waals surface area contributed by atoms with Gasteiger partial charge in [-0.2, -0.15) is 0 Å². The number of aliphatic hydroxyl groups is 1. The minimum atomic E-state index is -3.68. The molecule has 1 atom stereocenters. The molecular formula is C20H24F2N2O5. The molecule has 2 aliphatic heterocycles. The number of nitrogens with zero attached hydrogens (tertiary/aromatic N) is 2. The average molecular weight is 410 g/mol. The summed E-state index contributed by atoms with van der Waals surface area (Å²) in [4.78, 5) is 27.9. The summed E-state index contributed by atoms with van der Waals surface area (Å²) in [5.41, 5.74) is -0.0398. The number of aliphatic hydroxyl groups excluding tert-OH is 1. The number of ether oxygens (including phenoxy) is 2. The quantitative estimate of drug-likeness (QED) is 0.772. The molecule has 158 valence electrons. The Morgan fingerprint density at radius 3 is 2.31 bits per heavy atom. The summed E-state index contributed by atoms with van der Waals surface area (Å²) in [7, 11) is 0. The van der Waals surface area contributed by atoms with Crippen LogP contribution in [0.1, 0.15) is 26.3 Å². The summed E-state index contributed by atoms with van der Waals surface area (Å²) in [5, 5.41) is 10.1. The predicted molar refractivity (Wildman–Crippen MR) is 100 cm³/mol. The third-order valence-corrected chi connectivity index (χ3v) is 4.80. The van der Waals surface area contributed by atoms with E-state index in [-0.39, 0.29) is 23.3 Å². The lowest BCUT2D eigenvalue weighted by molar-refractivity contribution is -0.286. The van der Waals surface area contributed by atoms with Gasteiger partial charge in [-0.25, -0.2) is 0 Å². The first-order valence-electron chi connectivity index (χ1n) is 9.30. The number of amides is 2. The highest BCUT2D eigenvalue weighted by Crippen LogP contribution is 2.41. The monoisotopic (exact) mass is 410 g/mol. The normalized spacial score (nSPS) is 19.5. The molecule has 2 amide bonds. The zero-order valence-electron chi connectivity index (χ0n) is 16.5. The summed E-state index contributed by atoms with van der Waals surface area (Å²) in [6.45, 7) is 6.74. The number of piperazine rings is 1. The fraction of sp³-hybridized carbons (Fsp3) is 0.500. The molecule has 0 spiro atoms. The fourth-order valence-corrected chi connectivity index (χ4v) is 3.03. The van der Waals surface area contributed by atoms with Gasteiger partial charge in [0.1, 0.15) is 6.10 Å². The summed E-state index contributed by atoms with van der Waals surface area (Å²) >= 11 is 0. The van der Waals surface area contributed by atoms with E-state index in [4.69, 9.17) is 0 Å². The molecule has 1 unspecified atom stereocenters. The lowest BCUT2D eigenvalue weighted by Gasteiger charge is -2.37. The van der Waals surface area contributed by atoms with Crippen LogP contribution in [0.15, 0.2) is 24.3 Å². The smallest absolute Gasteiger partial charge is 0.395 e. The second-order valence-corrected chi connectivity index (χ2v) is 8.13. The Hall–Kier alpha value is -2.68. The van der Waals surface area contributed by atoms with Crippen molar-refractivity contribution in [3.8, 4) is 11.5 Å². The van der Waals surface area contributed by atoms with Gasteiger partial charge in [0.05, 0.1) is 0 Å². The van der Waals surface area contributed by atoms with Crippen molar-refractivity contribution >= 4 is 17.9 Å². The van der Waals surface area contributed by atoms with Gasteiger partial charge in [0.15, 0.2) is 11.5 Å². The molecule has 2 aliphatic rings. The largest absolute Gasteiger partial charge is 0.586 e. The third kappa shape index (κ3) is 4.84. The molecule has 2 heterocycles. The van der Waals surface area contributed by atoms with E-state index in [0.717, 1.165) is 0 Å². The van der Waals surface area contributed by atoms with E-state index in [1.807, 2.05) is 0 Å². The van der Waals surface area contributed by atoms with Crippen molar-refractivity contribution in [2.24, 2.45) is 5.41 Å². The number of halogens is 2. The number of hydrogen-bond donors (Lipinski definition) is 1. The van der Waals surface area contributed by atoms with E-state index in [0.29, 0.717) is 31.7 Å². The van der Waals surface area contributed by atoms with Crippen molar-refractivity contribution in [2.45, 2.75) is 33.2 Å². The first-order valence-corrected chi connectivity index (χ1v) is 9.30. The molecule has 0 aliphatic carbocycles. The van der Waals surface area contributed by atoms with Crippen molar-refractivity contribution in [3.05, 3.63) is 29.8 Å². The molecule has 0 aromatic heterocycles. The number of carbonyl (C=O) groups is 2. The fourth-order valence-electron chi connectivity index (χ4n) is 3.03. The molecule has 1 saturated heterocycles. The first-order chi connectivity index (χ1) is 13.5. The maximum absolute atomic E-state index is 13.1. The lowest BCUT2D eigenvalue weighted by Crippen LogP contribution is -2.54. The van der Waals surface area contributed by atoms with Gasteiger partial charge in [0, 0.05) is 32.3 Å². The van der Waals surface area contributed by atoms with Crippen molar-refractivity contribution in [3.63, 3.8) is 0 Å². The zero-order chi connectivity index (χ0) is 21.4. The van der Waals surface area contributed by atoms with E-state index in [2.05, 4.69) is 9.47 Å². The Morgan fingerprint density at radius 1 is 1.10 bits per heavy atom. The van der Waals surface area contributed by atoms with Crippen LogP contribution in [0.3, 0.4) is 0 Å². The highest BCUT2D eigenvalue weighted by atomic mass is 19.3. The van der Waals surface area contributed by atoms with Crippen molar-refractivity contribution < 1.29 is 33.0 Å². The molecule has 9 heteroatoms. The van der Waals surface area contributed by atoms with Gasteiger partial charge < -0.3 is 24.4 Å². The van der Waals surface area contributed by atoms with Crippen LogP contribution in [0.4, 0.5) is 8.78 Å². The van der Waals surface area contributed by atoms with Gasteiger partial charge in [0.2, 0.25) is 5.91 Å². The van der Waals surface area contributed by atoms with Crippen LogP contribution < -0.4 is 9.47 Å². The molecule has 0 bridgehead atoms. The zero-order valence-corrected chi connectivity index (χ0v) is 16.5. The van der Waals surface area contributed by atoms with Gasteiger partial charge >= 0.3 is 6.29 Å². The number of hydrogen-bond acceptors (Lipinski definition) is 5. The maximum Gasteiger partial charge on any atom is 0.586 e. The van der Waals surface area contributed by atoms with Gasteiger partial charge in [-0.3, -0.25) is 9.59 Å². The Kier molecular flexibility index (Phi) is 5.53. The number of alkyl halides is 2. The second kappa shape index (κ2) is 7.62. The van der Waals surface area contributed by atoms with Crippen LogP contribution in [0.25, 0.3) is 6.08 Å². The van der Waals surface area contributed by atoms with Gasteiger partial charge in [-0.05, 0) is 29.2 Å². The van der Waals surface area contributed by atoms with Crippen LogP contribution in [0, 0.1) is 5.41 Å². The van der Waals surface area contributed by atoms with Crippen molar-refractivity contribution in [2.75, 3.05) is 26.2 Å². The molecule has 7 nitrogen and oxygen atoms in total. The predicted octanol–water partition coefficient (Wildman–Crippen LogP) is 2.10. The Labute approximate surface area is 167 Å². The van der Waals surface area contributed by atoms with Crippen molar-refractivity contribution in [1.82, 2.24) is 9.80 Å². The van der Waals surface area contributed by atoms with Crippen LogP contribution in [-0.2, 0) is 9.59 Å². The number of benzene rings is 1. The average Bonchev–Trinajstić information content (AvgIpc) is 2.97. The highest BCUT2D eigenvalue weighted by molar-refractivity contribution is 5.92. The van der Waals surface area contributed by atoms with Gasteiger partial charge in [-0.15, -0.1) is 8.78 Å². The Balaban J connectivity index is 1.55. The van der Waals surface area contributed by atoms with Crippen molar-refractivity contribution in [1.29, 1.82) is 0 Å². The topological polar surface area (TPSA) is 79.3 Å². The molecule has 1 aromatic carbocycles. The lowest BCUT2D eigenvalue weighted by atomic mass is 9.88. The molecule has 1 aromatic rings. The molecule has 29 heavy (non-hydrogen) atoms. The standard InChI is InChI=1S/C20H24F2N2O5/c1-19(2,3)17(26)18(27)24-10-8-23(9-11-24)16(25)7-5-13-4-6-14-15(12-13)29-20(21,22)28-14/h4-7,12,17,26H,8-11H2,1-3H3/b7-5+. The van der Waals surface area contributed by atoms with E-state index < -0.39 is 17.8 Å². The molecule has 1 fully saturated rings. The maximum atomic E-state index is 13.1. The minimum Gasteiger partial charge on any atom is -0.395 e. The molecule has 0 saturated carbocycles. The van der Waals surface area contributed by atoms with E-state index in [1.165, 1.54) is 30.4 Å². The number of carbonyl (C=O) groups excluding carboxylic acids is 2. The summed E-state index contributed by atoms with van der Waals surface area (Å²) < 4.78 is 34.8. The molecule has 0 radical (unpaired) electrons. The molecule has 3 rings (SSSR count).